The molecule has 5 heteroatoms. The minimum Gasteiger partial charge on any atom is -0.399 e. The molecular weight excluding hydrogens is 251 g/mol. The van der Waals surface area contributed by atoms with Gasteiger partial charge >= 0.3 is 0 Å². The summed E-state index contributed by atoms with van der Waals surface area (Å²) in [6, 6.07) is 5.83. The number of amides is 1. The molecule has 0 saturated carbocycles. The Balaban J connectivity index is 1.91. The number of nitrogen functional groups attached to an aromatic ring is 1. The van der Waals surface area contributed by atoms with Gasteiger partial charge in [0.1, 0.15) is 5.82 Å². The van der Waals surface area contributed by atoms with Crippen LogP contribution in [-0.2, 0) is 6.42 Å². The Morgan fingerprint density at radius 2 is 2.22 bits per heavy atom. The van der Waals surface area contributed by atoms with Crippen LogP contribution < -0.4 is 11.1 Å². The first-order valence-corrected chi connectivity index (χ1v) is 6.45. The lowest BCUT2D eigenvalue weighted by molar-refractivity contribution is 0.0953. The lowest BCUT2D eigenvalue weighted by Gasteiger charge is -2.05. The Bertz CT molecular complexity index is 520. The van der Waals surface area contributed by atoms with Crippen molar-refractivity contribution in [3.63, 3.8) is 0 Å². The molecule has 0 aliphatic carbocycles. The zero-order valence-electron chi connectivity index (χ0n) is 9.65. The first kappa shape index (κ1) is 12.6. The second-order valence-electron chi connectivity index (χ2n) is 3.91. The Kier molecular flexibility index (Phi) is 3.94. The van der Waals surface area contributed by atoms with Crippen LogP contribution in [0.4, 0.5) is 10.1 Å². The molecule has 1 aromatic carbocycles. The van der Waals surface area contributed by atoms with E-state index in [1.807, 2.05) is 16.8 Å². The van der Waals surface area contributed by atoms with Gasteiger partial charge in [0.15, 0.2) is 0 Å². The molecule has 2 rings (SSSR count). The summed E-state index contributed by atoms with van der Waals surface area (Å²) >= 11 is 1.62. The van der Waals surface area contributed by atoms with Gasteiger partial charge in [-0.2, -0.15) is 11.3 Å². The third kappa shape index (κ3) is 3.30. The normalized spacial score (nSPS) is 10.3. The summed E-state index contributed by atoms with van der Waals surface area (Å²) in [4.78, 5) is 11.7. The third-order valence-corrected chi connectivity index (χ3v) is 3.19. The second kappa shape index (κ2) is 5.64. The van der Waals surface area contributed by atoms with Crippen LogP contribution in [0.3, 0.4) is 0 Å². The average molecular weight is 264 g/mol. The molecule has 0 spiro atoms. The molecule has 0 bridgehead atoms. The van der Waals surface area contributed by atoms with Crippen molar-refractivity contribution in [3.05, 3.63) is 52.0 Å². The van der Waals surface area contributed by atoms with Gasteiger partial charge in [0.05, 0.1) is 0 Å². The van der Waals surface area contributed by atoms with Crippen LogP contribution >= 0.6 is 11.3 Å². The van der Waals surface area contributed by atoms with Gasteiger partial charge in [-0.05, 0) is 47.0 Å². The molecule has 0 atom stereocenters. The molecule has 3 N–H and O–H groups in total. The van der Waals surface area contributed by atoms with Gasteiger partial charge in [0, 0.05) is 17.8 Å². The van der Waals surface area contributed by atoms with Crippen LogP contribution in [-0.4, -0.2) is 12.5 Å². The summed E-state index contributed by atoms with van der Waals surface area (Å²) in [6.45, 7) is 0.520. The van der Waals surface area contributed by atoms with Gasteiger partial charge in [-0.15, -0.1) is 0 Å². The van der Waals surface area contributed by atoms with E-state index in [1.54, 1.807) is 11.3 Å². The van der Waals surface area contributed by atoms with Gasteiger partial charge in [-0.1, -0.05) is 0 Å². The number of carbonyl (C=O) groups is 1. The fraction of sp³-hybridized carbons (Fsp3) is 0.154. The van der Waals surface area contributed by atoms with Crippen LogP contribution in [0.5, 0.6) is 0 Å². The van der Waals surface area contributed by atoms with Crippen molar-refractivity contribution in [2.24, 2.45) is 0 Å². The molecule has 1 amide bonds. The Morgan fingerprint density at radius 3 is 2.89 bits per heavy atom. The summed E-state index contributed by atoms with van der Waals surface area (Å²) in [5.74, 6) is -0.811. The largest absolute Gasteiger partial charge is 0.399 e. The highest BCUT2D eigenvalue weighted by Crippen LogP contribution is 2.11. The Hall–Kier alpha value is -1.88. The number of nitrogens with two attached hydrogens (primary N) is 1. The molecule has 18 heavy (non-hydrogen) atoms. The zero-order chi connectivity index (χ0) is 13.0. The van der Waals surface area contributed by atoms with E-state index in [0.29, 0.717) is 6.54 Å². The number of rotatable bonds is 4. The SMILES string of the molecule is Nc1cc(F)cc(C(=O)NCCc2ccsc2)c1. The summed E-state index contributed by atoms with van der Waals surface area (Å²) in [5.41, 5.74) is 7.16. The van der Waals surface area contributed by atoms with E-state index in [9.17, 15) is 9.18 Å². The molecule has 1 aromatic heterocycles. The van der Waals surface area contributed by atoms with E-state index >= 15 is 0 Å². The maximum absolute atomic E-state index is 13.1. The number of hydrogen-bond donors (Lipinski definition) is 2. The Labute approximate surface area is 108 Å². The summed E-state index contributed by atoms with van der Waals surface area (Å²) in [7, 11) is 0. The van der Waals surface area contributed by atoms with Crippen LogP contribution in [0, 0.1) is 5.82 Å². The van der Waals surface area contributed by atoms with Crippen molar-refractivity contribution in [2.75, 3.05) is 12.3 Å². The molecule has 0 saturated heterocycles. The molecular formula is C13H13FN2OS. The molecule has 94 valence electrons. The van der Waals surface area contributed by atoms with Gasteiger partial charge in [-0.3, -0.25) is 4.79 Å². The van der Waals surface area contributed by atoms with Crippen molar-refractivity contribution < 1.29 is 9.18 Å². The summed E-state index contributed by atoms with van der Waals surface area (Å²) in [5, 5.41) is 6.76. The molecule has 0 fully saturated rings. The fourth-order valence-electron chi connectivity index (χ4n) is 1.60. The topological polar surface area (TPSA) is 55.1 Å². The third-order valence-electron chi connectivity index (χ3n) is 2.46. The Morgan fingerprint density at radius 1 is 1.39 bits per heavy atom. The zero-order valence-corrected chi connectivity index (χ0v) is 10.5. The predicted molar refractivity (Wildman–Crippen MR) is 71.2 cm³/mol. The number of halogens is 1. The molecule has 0 aliphatic heterocycles. The predicted octanol–water partition coefficient (Wildman–Crippen LogP) is 2.44. The molecule has 1 heterocycles. The van der Waals surface area contributed by atoms with Crippen molar-refractivity contribution in [3.8, 4) is 0 Å². The minimum atomic E-state index is -0.502. The van der Waals surface area contributed by atoms with Gasteiger partial charge in [-0.25, -0.2) is 4.39 Å². The van der Waals surface area contributed by atoms with E-state index in [2.05, 4.69) is 5.32 Å². The number of carbonyl (C=O) groups excluding carboxylic acids is 1. The molecule has 2 aromatic rings. The average Bonchev–Trinajstić information content (AvgIpc) is 2.80. The van der Waals surface area contributed by atoms with E-state index in [0.717, 1.165) is 6.42 Å². The number of benzene rings is 1. The maximum atomic E-state index is 13.1. The van der Waals surface area contributed by atoms with E-state index < -0.39 is 5.82 Å². The second-order valence-corrected chi connectivity index (χ2v) is 4.69. The standard InChI is InChI=1S/C13H13FN2OS/c14-11-5-10(6-12(15)7-11)13(17)16-3-1-9-2-4-18-8-9/h2,4-8H,1,3,15H2,(H,16,17). The minimum absolute atomic E-state index is 0.248. The van der Waals surface area contributed by atoms with Gasteiger partial charge < -0.3 is 11.1 Å². The first-order valence-electron chi connectivity index (χ1n) is 5.50. The monoisotopic (exact) mass is 264 g/mol. The highest BCUT2D eigenvalue weighted by Gasteiger charge is 2.07. The summed E-state index contributed by atoms with van der Waals surface area (Å²) < 4.78 is 13.1. The summed E-state index contributed by atoms with van der Waals surface area (Å²) in [6.07, 6.45) is 0.764. The number of anilines is 1. The van der Waals surface area contributed by atoms with Crippen LogP contribution in [0.1, 0.15) is 15.9 Å². The number of thiophene rings is 1. The maximum Gasteiger partial charge on any atom is 0.251 e. The molecule has 0 unspecified atom stereocenters. The fourth-order valence-corrected chi connectivity index (χ4v) is 2.30. The van der Waals surface area contributed by atoms with Crippen molar-refractivity contribution in [2.45, 2.75) is 6.42 Å². The highest BCUT2D eigenvalue weighted by molar-refractivity contribution is 7.07. The van der Waals surface area contributed by atoms with Crippen LogP contribution in [0.15, 0.2) is 35.0 Å². The molecule has 0 radical (unpaired) electrons. The first-order chi connectivity index (χ1) is 8.65. The van der Waals surface area contributed by atoms with Crippen molar-refractivity contribution >= 4 is 22.9 Å². The number of nitrogens with one attached hydrogen (secondary N) is 1. The van der Waals surface area contributed by atoms with E-state index in [-0.39, 0.29) is 17.2 Å². The lowest BCUT2D eigenvalue weighted by atomic mass is 10.1. The molecule has 3 nitrogen and oxygen atoms in total. The highest BCUT2D eigenvalue weighted by atomic mass is 32.1. The smallest absolute Gasteiger partial charge is 0.251 e. The van der Waals surface area contributed by atoms with E-state index in [4.69, 9.17) is 5.73 Å². The molecule has 0 aliphatic rings. The van der Waals surface area contributed by atoms with E-state index in [1.165, 1.54) is 23.8 Å². The van der Waals surface area contributed by atoms with Crippen molar-refractivity contribution in [1.82, 2.24) is 5.32 Å². The quantitative estimate of drug-likeness (QED) is 0.833. The van der Waals surface area contributed by atoms with Crippen LogP contribution in [0.25, 0.3) is 0 Å². The van der Waals surface area contributed by atoms with Crippen LogP contribution in [0.2, 0.25) is 0 Å². The van der Waals surface area contributed by atoms with Gasteiger partial charge in [0.25, 0.3) is 5.91 Å². The van der Waals surface area contributed by atoms with Crippen molar-refractivity contribution in [1.29, 1.82) is 0 Å². The lowest BCUT2D eigenvalue weighted by Crippen LogP contribution is -2.25. The van der Waals surface area contributed by atoms with Gasteiger partial charge in [0.2, 0.25) is 0 Å². The number of hydrogen-bond acceptors (Lipinski definition) is 3.